The standard InChI is InChI=1S/C21H20F3N3O2S/c22-21(23,24)16-6-1-4-14(10-16)11-18-25-19(29-26-18)13-27-8-2-5-15(12-27)20(28)17-7-3-9-30-17/h1,3-4,6-7,9-10,15H,2,5,8,11-13H2. The molecule has 30 heavy (non-hydrogen) atoms. The van der Waals surface area contributed by atoms with Crippen molar-refractivity contribution in [3.8, 4) is 0 Å². The Labute approximate surface area is 175 Å². The van der Waals surface area contributed by atoms with Gasteiger partial charge in [0.2, 0.25) is 5.89 Å². The third kappa shape index (κ3) is 4.96. The molecular formula is C21H20F3N3O2S. The minimum Gasteiger partial charge on any atom is -0.338 e. The molecule has 1 aliphatic rings. The zero-order chi connectivity index (χ0) is 21.1. The van der Waals surface area contributed by atoms with E-state index in [1.165, 1.54) is 17.4 Å². The number of carbonyl (C=O) groups is 1. The Kier molecular flexibility index (Phi) is 6.01. The molecule has 1 aliphatic heterocycles. The minimum atomic E-state index is -4.39. The molecule has 1 fully saturated rings. The van der Waals surface area contributed by atoms with Crippen LogP contribution in [0.4, 0.5) is 13.2 Å². The van der Waals surface area contributed by atoms with Gasteiger partial charge in [0.1, 0.15) is 0 Å². The van der Waals surface area contributed by atoms with Crippen LogP contribution in [0, 0.1) is 5.92 Å². The summed E-state index contributed by atoms with van der Waals surface area (Å²) in [6.07, 6.45) is -2.46. The molecule has 0 bridgehead atoms. The van der Waals surface area contributed by atoms with E-state index in [0.29, 0.717) is 30.4 Å². The highest BCUT2D eigenvalue weighted by molar-refractivity contribution is 7.12. The Morgan fingerprint density at radius 1 is 1.27 bits per heavy atom. The number of alkyl halides is 3. The van der Waals surface area contributed by atoms with Gasteiger partial charge in [-0.25, -0.2) is 0 Å². The molecule has 1 atom stereocenters. The van der Waals surface area contributed by atoms with Gasteiger partial charge in [-0.15, -0.1) is 11.3 Å². The number of nitrogens with zero attached hydrogens (tertiary/aromatic N) is 3. The van der Waals surface area contributed by atoms with Gasteiger partial charge in [-0.2, -0.15) is 18.2 Å². The first-order valence-electron chi connectivity index (χ1n) is 9.66. The molecule has 3 aromatic rings. The first kappa shape index (κ1) is 20.7. The van der Waals surface area contributed by atoms with E-state index in [1.807, 2.05) is 17.5 Å². The predicted octanol–water partition coefficient (Wildman–Crippen LogP) is 4.84. The SMILES string of the molecule is O=C(c1cccs1)C1CCCN(Cc2nc(Cc3cccc(C(F)(F)F)c3)no2)C1. The summed E-state index contributed by atoms with van der Waals surface area (Å²) < 4.78 is 43.9. The monoisotopic (exact) mass is 435 g/mol. The fourth-order valence-electron chi connectivity index (χ4n) is 3.69. The summed E-state index contributed by atoms with van der Waals surface area (Å²) in [7, 11) is 0. The number of Topliss-reactive ketones (excluding diaryl/α,β-unsaturated/α-hetero) is 1. The lowest BCUT2D eigenvalue weighted by Crippen LogP contribution is -2.38. The van der Waals surface area contributed by atoms with Crippen molar-refractivity contribution in [3.05, 3.63) is 69.5 Å². The second kappa shape index (κ2) is 8.69. The highest BCUT2D eigenvalue weighted by Crippen LogP contribution is 2.30. The normalized spacial score (nSPS) is 17.9. The first-order valence-corrected chi connectivity index (χ1v) is 10.5. The van der Waals surface area contributed by atoms with Gasteiger partial charge < -0.3 is 4.52 Å². The van der Waals surface area contributed by atoms with Crippen LogP contribution in [0.25, 0.3) is 0 Å². The van der Waals surface area contributed by atoms with Crippen LogP contribution in [0.2, 0.25) is 0 Å². The first-order chi connectivity index (χ1) is 14.4. The fourth-order valence-corrected chi connectivity index (χ4v) is 4.43. The van der Waals surface area contributed by atoms with Gasteiger partial charge >= 0.3 is 6.18 Å². The Morgan fingerprint density at radius 3 is 2.90 bits per heavy atom. The van der Waals surface area contributed by atoms with Crippen molar-refractivity contribution in [2.24, 2.45) is 5.92 Å². The maximum absolute atomic E-state index is 12.9. The molecule has 1 unspecified atom stereocenters. The minimum absolute atomic E-state index is 0.0510. The summed E-state index contributed by atoms with van der Waals surface area (Å²) in [5, 5.41) is 5.81. The summed E-state index contributed by atoms with van der Waals surface area (Å²) in [5.41, 5.74) is -0.227. The van der Waals surface area contributed by atoms with Gasteiger partial charge in [0.15, 0.2) is 11.6 Å². The number of carbonyl (C=O) groups excluding carboxylic acids is 1. The van der Waals surface area contributed by atoms with E-state index < -0.39 is 11.7 Å². The van der Waals surface area contributed by atoms with E-state index in [9.17, 15) is 18.0 Å². The van der Waals surface area contributed by atoms with Crippen molar-refractivity contribution in [2.75, 3.05) is 13.1 Å². The van der Waals surface area contributed by atoms with Crippen LogP contribution in [-0.2, 0) is 19.1 Å². The number of hydrogen-bond donors (Lipinski definition) is 0. The molecule has 0 N–H and O–H groups in total. The highest BCUT2D eigenvalue weighted by atomic mass is 32.1. The van der Waals surface area contributed by atoms with Crippen molar-refractivity contribution in [1.29, 1.82) is 0 Å². The van der Waals surface area contributed by atoms with Gasteiger partial charge in [-0.05, 0) is 42.5 Å². The van der Waals surface area contributed by atoms with Crippen LogP contribution >= 0.6 is 11.3 Å². The fraction of sp³-hybridized carbons (Fsp3) is 0.381. The van der Waals surface area contributed by atoms with E-state index in [0.717, 1.165) is 36.4 Å². The van der Waals surface area contributed by atoms with E-state index in [2.05, 4.69) is 15.0 Å². The van der Waals surface area contributed by atoms with Gasteiger partial charge in [0.05, 0.1) is 17.0 Å². The Morgan fingerprint density at radius 2 is 2.13 bits per heavy atom. The van der Waals surface area contributed by atoms with Gasteiger partial charge in [-0.1, -0.05) is 29.4 Å². The number of hydrogen-bond acceptors (Lipinski definition) is 6. The van der Waals surface area contributed by atoms with Crippen LogP contribution in [0.3, 0.4) is 0 Å². The second-order valence-electron chi connectivity index (χ2n) is 7.40. The highest BCUT2D eigenvalue weighted by Gasteiger charge is 2.30. The van der Waals surface area contributed by atoms with E-state index in [4.69, 9.17) is 4.52 Å². The molecule has 1 saturated heterocycles. The smallest absolute Gasteiger partial charge is 0.338 e. The van der Waals surface area contributed by atoms with Crippen molar-refractivity contribution in [1.82, 2.24) is 15.0 Å². The summed E-state index contributed by atoms with van der Waals surface area (Å²) in [6, 6.07) is 8.85. The Balaban J connectivity index is 1.37. The largest absolute Gasteiger partial charge is 0.416 e. The average Bonchev–Trinajstić information content (AvgIpc) is 3.40. The third-order valence-corrected chi connectivity index (χ3v) is 6.01. The van der Waals surface area contributed by atoms with Crippen LogP contribution in [0.15, 0.2) is 46.3 Å². The number of rotatable bonds is 6. The summed E-state index contributed by atoms with van der Waals surface area (Å²) >= 11 is 1.46. The molecule has 3 heterocycles. The number of likely N-dealkylation sites (tertiary alicyclic amines) is 1. The number of benzene rings is 1. The topological polar surface area (TPSA) is 59.2 Å². The predicted molar refractivity (Wildman–Crippen MR) is 105 cm³/mol. The zero-order valence-electron chi connectivity index (χ0n) is 16.1. The summed E-state index contributed by atoms with van der Waals surface area (Å²) in [6.45, 7) is 1.88. The van der Waals surface area contributed by atoms with Crippen LogP contribution < -0.4 is 0 Å². The molecule has 4 rings (SSSR count). The van der Waals surface area contributed by atoms with Gasteiger partial charge in [-0.3, -0.25) is 9.69 Å². The molecule has 0 aliphatic carbocycles. The van der Waals surface area contributed by atoms with Crippen molar-refractivity contribution >= 4 is 17.1 Å². The molecule has 9 heteroatoms. The number of halogens is 3. The maximum atomic E-state index is 12.9. The number of thiophene rings is 1. The quantitative estimate of drug-likeness (QED) is 0.519. The van der Waals surface area contributed by atoms with E-state index in [1.54, 1.807) is 6.07 Å². The Bertz CT molecular complexity index is 1000. The molecule has 0 radical (unpaired) electrons. The molecule has 1 aromatic carbocycles. The van der Waals surface area contributed by atoms with Crippen LogP contribution in [0.1, 0.15) is 45.4 Å². The average molecular weight is 435 g/mol. The lowest BCUT2D eigenvalue weighted by atomic mass is 9.93. The lowest BCUT2D eigenvalue weighted by Gasteiger charge is -2.30. The summed E-state index contributed by atoms with van der Waals surface area (Å²) in [4.78, 5) is 19.8. The second-order valence-corrected chi connectivity index (χ2v) is 8.34. The molecule has 158 valence electrons. The zero-order valence-corrected chi connectivity index (χ0v) is 16.9. The molecule has 0 amide bonds. The molecule has 5 nitrogen and oxygen atoms in total. The van der Waals surface area contributed by atoms with E-state index in [-0.39, 0.29) is 18.1 Å². The molecule has 0 saturated carbocycles. The third-order valence-electron chi connectivity index (χ3n) is 5.13. The van der Waals surface area contributed by atoms with Gasteiger partial charge in [0, 0.05) is 18.9 Å². The molecule has 0 spiro atoms. The lowest BCUT2D eigenvalue weighted by molar-refractivity contribution is -0.137. The molecular weight excluding hydrogens is 415 g/mol. The summed E-state index contributed by atoms with van der Waals surface area (Å²) in [5.74, 6) is 0.865. The van der Waals surface area contributed by atoms with Crippen molar-refractivity contribution in [3.63, 3.8) is 0 Å². The number of piperidine rings is 1. The van der Waals surface area contributed by atoms with Crippen LogP contribution in [-0.4, -0.2) is 33.9 Å². The van der Waals surface area contributed by atoms with Crippen molar-refractivity contribution in [2.45, 2.75) is 32.0 Å². The van der Waals surface area contributed by atoms with Crippen LogP contribution in [0.5, 0.6) is 0 Å². The maximum Gasteiger partial charge on any atom is 0.416 e. The Hall–Kier alpha value is -2.52. The number of ketones is 1. The van der Waals surface area contributed by atoms with Gasteiger partial charge in [0.25, 0.3) is 0 Å². The molecule has 2 aromatic heterocycles. The number of aromatic nitrogens is 2. The van der Waals surface area contributed by atoms with E-state index >= 15 is 0 Å². The van der Waals surface area contributed by atoms with Crippen molar-refractivity contribution < 1.29 is 22.5 Å².